The van der Waals surface area contributed by atoms with Gasteiger partial charge in [0, 0.05) is 24.0 Å². The van der Waals surface area contributed by atoms with Gasteiger partial charge in [0.25, 0.3) is 5.69 Å². The number of rotatable bonds is 5. The van der Waals surface area contributed by atoms with E-state index in [1.807, 2.05) is 6.92 Å². The molecule has 0 bridgehead atoms. The van der Waals surface area contributed by atoms with Gasteiger partial charge < -0.3 is 10.7 Å². The number of hydrazine groups is 1. The molecule has 20 heavy (non-hydrogen) atoms. The number of hydrogen-bond donors (Lipinski definition) is 3. The van der Waals surface area contributed by atoms with Gasteiger partial charge in [0.15, 0.2) is 0 Å². The van der Waals surface area contributed by atoms with Crippen molar-refractivity contribution in [3.8, 4) is 0 Å². The molecule has 8 heteroatoms. The fourth-order valence-corrected chi connectivity index (χ4v) is 1.61. The predicted octanol–water partition coefficient (Wildman–Crippen LogP) is 1.59. The summed E-state index contributed by atoms with van der Waals surface area (Å²) in [5, 5.41) is 13.9. The highest BCUT2D eigenvalue weighted by atomic mass is 16.6. The van der Waals surface area contributed by atoms with Crippen LogP contribution in [0.4, 0.5) is 17.1 Å². The number of nitrogens with one attached hydrogen (secondary N) is 2. The maximum absolute atomic E-state index is 10.8. The van der Waals surface area contributed by atoms with Crippen LogP contribution in [0.2, 0.25) is 0 Å². The quantitative estimate of drug-likeness (QED) is 0.430. The van der Waals surface area contributed by atoms with Crippen LogP contribution in [0.1, 0.15) is 11.4 Å². The van der Waals surface area contributed by atoms with Crippen molar-refractivity contribution in [2.45, 2.75) is 13.5 Å². The molecule has 0 spiro atoms. The third-order valence-electron chi connectivity index (χ3n) is 2.60. The van der Waals surface area contributed by atoms with Gasteiger partial charge in [-0.1, -0.05) is 0 Å². The van der Waals surface area contributed by atoms with Gasteiger partial charge in [0.1, 0.15) is 0 Å². The van der Waals surface area contributed by atoms with Crippen LogP contribution in [0.15, 0.2) is 30.6 Å². The first-order valence-corrected chi connectivity index (χ1v) is 5.86. The Bertz CT molecular complexity index is 614. The second kappa shape index (κ2) is 5.93. The summed E-state index contributed by atoms with van der Waals surface area (Å²) in [4.78, 5) is 18.7. The molecule has 4 N–H and O–H groups in total. The van der Waals surface area contributed by atoms with Gasteiger partial charge in [0.05, 0.1) is 34.7 Å². The van der Waals surface area contributed by atoms with Crippen LogP contribution in [0.3, 0.4) is 0 Å². The number of aryl methyl sites for hydroxylation is 1. The number of nitrogens with zero attached hydrogens (tertiary/aromatic N) is 3. The fourth-order valence-electron chi connectivity index (χ4n) is 1.61. The standard InChI is InChI=1S/C12H14N6O2/c1-8-5-15-11(6-14-8)7-16-9-2-10(17-13)4-12(3-9)18(19)20/h2-6,16-17H,7,13H2,1H3. The molecule has 0 radical (unpaired) electrons. The summed E-state index contributed by atoms with van der Waals surface area (Å²) in [6, 6.07) is 4.47. The van der Waals surface area contributed by atoms with Crippen molar-refractivity contribution in [1.29, 1.82) is 0 Å². The molecule has 0 unspecified atom stereocenters. The SMILES string of the molecule is Cc1cnc(CNc2cc(NN)cc([N+](=O)[O-])c2)cn1. The van der Waals surface area contributed by atoms with Crippen LogP contribution in [-0.4, -0.2) is 14.9 Å². The predicted molar refractivity (Wildman–Crippen MR) is 75.0 cm³/mol. The average molecular weight is 274 g/mol. The van der Waals surface area contributed by atoms with E-state index in [1.165, 1.54) is 12.1 Å². The van der Waals surface area contributed by atoms with Gasteiger partial charge in [-0.2, -0.15) is 0 Å². The molecule has 1 heterocycles. The maximum Gasteiger partial charge on any atom is 0.273 e. The molecular formula is C12H14N6O2. The second-order valence-electron chi connectivity index (χ2n) is 4.17. The number of nitro groups is 1. The van der Waals surface area contributed by atoms with Crippen LogP contribution in [-0.2, 0) is 6.54 Å². The van der Waals surface area contributed by atoms with E-state index < -0.39 is 4.92 Å². The molecule has 0 amide bonds. The Morgan fingerprint density at radius 1 is 1.25 bits per heavy atom. The molecular weight excluding hydrogens is 260 g/mol. The molecule has 0 saturated heterocycles. The summed E-state index contributed by atoms with van der Waals surface area (Å²) in [6.07, 6.45) is 3.32. The number of aromatic nitrogens is 2. The van der Waals surface area contributed by atoms with E-state index in [4.69, 9.17) is 5.84 Å². The minimum atomic E-state index is -0.475. The molecule has 0 aliphatic heterocycles. The van der Waals surface area contributed by atoms with Gasteiger partial charge in [-0.3, -0.25) is 25.9 Å². The van der Waals surface area contributed by atoms with Crippen molar-refractivity contribution >= 4 is 17.1 Å². The Labute approximate surface area is 115 Å². The Morgan fingerprint density at radius 2 is 2.00 bits per heavy atom. The lowest BCUT2D eigenvalue weighted by atomic mass is 10.2. The van der Waals surface area contributed by atoms with E-state index in [2.05, 4.69) is 20.7 Å². The summed E-state index contributed by atoms with van der Waals surface area (Å²) < 4.78 is 0. The highest BCUT2D eigenvalue weighted by Crippen LogP contribution is 2.24. The molecule has 0 atom stereocenters. The monoisotopic (exact) mass is 274 g/mol. The van der Waals surface area contributed by atoms with E-state index in [0.717, 1.165) is 11.4 Å². The Kier molecular flexibility index (Phi) is 4.06. The second-order valence-corrected chi connectivity index (χ2v) is 4.17. The summed E-state index contributed by atoms with van der Waals surface area (Å²) in [5.41, 5.74) is 4.96. The molecule has 1 aromatic carbocycles. The maximum atomic E-state index is 10.8. The van der Waals surface area contributed by atoms with Gasteiger partial charge in [-0.25, -0.2) is 0 Å². The Hall–Kier alpha value is -2.74. The van der Waals surface area contributed by atoms with E-state index in [1.54, 1.807) is 18.5 Å². The molecule has 8 nitrogen and oxygen atoms in total. The Balaban J connectivity index is 2.14. The zero-order chi connectivity index (χ0) is 14.5. The van der Waals surface area contributed by atoms with Crippen molar-refractivity contribution in [2.75, 3.05) is 10.7 Å². The number of anilines is 2. The third-order valence-corrected chi connectivity index (χ3v) is 2.60. The van der Waals surface area contributed by atoms with Gasteiger partial charge in [-0.15, -0.1) is 0 Å². The highest BCUT2D eigenvalue weighted by Gasteiger charge is 2.09. The number of nitrogen functional groups attached to an aromatic ring is 1. The van der Waals surface area contributed by atoms with Crippen LogP contribution in [0.25, 0.3) is 0 Å². The minimum Gasteiger partial charge on any atom is -0.379 e. The van der Waals surface area contributed by atoms with Gasteiger partial charge >= 0.3 is 0 Å². The van der Waals surface area contributed by atoms with Crippen molar-refractivity contribution in [1.82, 2.24) is 9.97 Å². The molecule has 0 saturated carbocycles. The average Bonchev–Trinajstić information content (AvgIpc) is 2.46. The number of nitro benzene ring substituents is 1. The lowest BCUT2D eigenvalue weighted by Crippen LogP contribution is -2.08. The largest absolute Gasteiger partial charge is 0.379 e. The van der Waals surface area contributed by atoms with E-state index in [-0.39, 0.29) is 5.69 Å². The van der Waals surface area contributed by atoms with Crippen LogP contribution >= 0.6 is 0 Å². The topological polar surface area (TPSA) is 119 Å². The summed E-state index contributed by atoms with van der Waals surface area (Å²) >= 11 is 0. The molecule has 0 fully saturated rings. The van der Waals surface area contributed by atoms with Crippen LogP contribution < -0.4 is 16.6 Å². The Morgan fingerprint density at radius 3 is 2.60 bits per heavy atom. The zero-order valence-corrected chi connectivity index (χ0v) is 10.8. The smallest absolute Gasteiger partial charge is 0.273 e. The summed E-state index contributed by atoms with van der Waals surface area (Å²) in [5.74, 6) is 5.29. The lowest BCUT2D eigenvalue weighted by Gasteiger charge is -2.08. The van der Waals surface area contributed by atoms with E-state index in [9.17, 15) is 10.1 Å². The number of non-ortho nitro benzene ring substituents is 1. The molecule has 104 valence electrons. The first-order valence-electron chi connectivity index (χ1n) is 5.86. The van der Waals surface area contributed by atoms with Crippen LogP contribution in [0.5, 0.6) is 0 Å². The minimum absolute atomic E-state index is 0.0436. The summed E-state index contributed by atoms with van der Waals surface area (Å²) in [7, 11) is 0. The fraction of sp³-hybridized carbons (Fsp3) is 0.167. The third kappa shape index (κ3) is 3.39. The van der Waals surface area contributed by atoms with Gasteiger partial charge in [0.2, 0.25) is 0 Å². The summed E-state index contributed by atoms with van der Waals surface area (Å²) in [6.45, 7) is 2.27. The molecule has 2 rings (SSSR count). The van der Waals surface area contributed by atoms with Crippen LogP contribution in [0, 0.1) is 17.0 Å². The molecule has 0 aliphatic rings. The molecule has 1 aromatic heterocycles. The van der Waals surface area contributed by atoms with Crippen molar-refractivity contribution < 1.29 is 4.92 Å². The van der Waals surface area contributed by atoms with Crippen molar-refractivity contribution in [3.05, 3.63) is 52.1 Å². The van der Waals surface area contributed by atoms with E-state index >= 15 is 0 Å². The molecule has 0 aliphatic carbocycles. The van der Waals surface area contributed by atoms with Crippen molar-refractivity contribution in [2.24, 2.45) is 5.84 Å². The molecule has 2 aromatic rings. The number of benzene rings is 1. The lowest BCUT2D eigenvalue weighted by molar-refractivity contribution is -0.384. The van der Waals surface area contributed by atoms with E-state index in [0.29, 0.717) is 17.9 Å². The van der Waals surface area contributed by atoms with Gasteiger partial charge in [-0.05, 0) is 13.0 Å². The normalized spacial score (nSPS) is 10.1. The zero-order valence-electron chi connectivity index (χ0n) is 10.8. The number of hydrogen-bond acceptors (Lipinski definition) is 7. The first-order chi connectivity index (χ1) is 9.58. The number of nitrogens with two attached hydrogens (primary N) is 1. The first kappa shape index (κ1) is 13.7. The highest BCUT2D eigenvalue weighted by molar-refractivity contribution is 5.63. The van der Waals surface area contributed by atoms with Crippen molar-refractivity contribution in [3.63, 3.8) is 0 Å².